The third-order valence-corrected chi connectivity index (χ3v) is 5.01. The lowest BCUT2D eigenvalue weighted by molar-refractivity contribution is -0.116. The zero-order chi connectivity index (χ0) is 13.2. The molecule has 0 spiro atoms. The normalized spacial score (nSPS) is 38.4. The average molecular weight is 263 g/mol. The van der Waals surface area contributed by atoms with Crippen molar-refractivity contribution in [2.75, 3.05) is 19.8 Å². The Hall–Kier alpha value is -0.830. The molecule has 3 aliphatic rings. The quantitative estimate of drug-likeness (QED) is 0.773. The molecule has 0 bridgehead atoms. The van der Waals surface area contributed by atoms with E-state index < -0.39 is 0 Å². The summed E-state index contributed by atoms with van der Waals surface area (Å²) in [5, 5.41) is 3.02. The maximum Gasteiger partial charge on any atom is 0.243 e. The summed E-state index contributed by atoms with van der Waals surface area (Å²) in [6.07, 6.45) is 8.76. The molecule has 0 aromatic carbocycles. The van der Waals surface area contributed by atoms with Crippen LogP contribution in [0.5, 0.6) is 0 Å². The summed E-state index contributed by atoms with van der Waals surface area (Å²) in [4.78, 5) is 11.7. The van der Waals surface area contributed by atoms with Gasteiger partial charge < -0.3 is 10.1 Å². The number of nitrogens with one attached hydrogen (secondary N) is 1. The third kappa shape index (κ3) is 3.59. The molecule has 3 heteroatoms. The van der Waals surface area contributed by atoms with Gasteiger partial charge in [-0.25, -0.2) is 0 Å². The minimum absolute atomic E-state index is 0.0842. The smallest absolute Gasteiger partial charge is 0.243 e. The fourth-order valence-corrected chi connectivity index (χ4v) is 3.36. The number of carbonyl (C=O) groups is 1. The molecule has 1 heterocycles. The molecule has 3 nitrogen and oxygen atoms in total. The second-order valence-corrected chi connectivity index (χ2v) is 6.60. The van der Waals surface area contributed by atoms with Crippen LogP contribution in [-0.2, 0) is 9.53 Å². The van der Waals surface area contributed by atoms with Crippen molar-refractivity contribution in [2.45, 2.75) is 32.6 Å². The monoisotopic (exact) mass is 263 g/mol. The number of hydrogen-bond acceptors (Lipinski definition) is 2. The van der Waals surface area contributed by atoms with Gasteiger partial charge in [-0.2, -0.15) is 0 Å². The van der Waals surface area contributed by atoms with Gasteiger partial charge in [0.25, 0.3) is 0 Å². The van der Waals surface area contributed by atoms with Gasteiger partial charge in [0.05, 0.1) is 0 Å². The van der Waals surface area contributed by atoms with Gasteiger partial charge in [0.15, 0.2) is 0 Å². The van der Waals surface area contributed by atoms with Gasteiger partial charge in [0.2, 0.25) is 5.91 Å². The van der Waals surface area contributed by atoms with Crippen LogP contribution in [0.15, 0.2) is 12.2 Å². The molecule has 0 aromatic rings. The van der Waals surface area contributed by atoms with Crippen LogP contribution in [0.1, 0.15) is 32.6 Å². The van der Waals surface area contributed by atoms with Gasteiger partial charge in [-0.3, -0.25) is 4.79 Å². The largest absolute Gasteiger partial charge is 0.381 e. The summed E-state index contributed by atoms with van der Waals surface area (Å²) in [5.41, 5.74) is 0. The van der Waals surface area contributed by atoms with Crippen molar-refractivity contribution in [3.8, 4) is 0 Å². The van der Waals surface area contributed by atoms with Crippen molar-refractivity contribution in [3.05, 3.63) is 12.2 Å². The van der Waals surface area contributed by atoms with E-state index in [2.05, 4.69) is 18.3 Å². The van der Waals surface area contributed by atoms with E-state index in [9.17, 15) is 4.79 Å². The summed E-state index contributed by atoms with van der Waals surface area (Å²) in [7, 11) is 0. The fourth-order valence-electron chi connectivity index (χ4n) is 3.36. The van der Waals surface area contributed by atoms with Gasteiger partial charge >= 0.3 is 0 Å². The number of amides is 1. The zero-order valence-electron chi connectivity index (χ0n) is 11.8. The van der Waals surface area contributed by atoms with Gasteiger partial charge in [-0.05, 0) is 61.3 Å². The van der Waals surface area contributed by atoms with E-state index in [1.807, 2.05) is 0 Å². The molecule has 0 aromatic heterocycles. The average Bonchev–Trinajstić information content (AvgIpc) is 3.32. The molecule has 3 rings (SSSR count). The van der Waals surface area contributed by atoms with Crippen molar-refractivity contribution in [1.82, 2.24) is 5.32 Å². The number of rotatable bonds is 5. The molecule has 1 saturated heterocycles. The lowest BCUT2D eigenvalue weighted by Gasteiger charge is -2.21. The molecular formula is C16H25NO2. The van der Waals surface area contributed by atoms with E-state index in [4.69, 9.17) is 4.74 Å². The first-order valence-electron chi connectivity index (χ1n) is 7.78. The Morgan fingerprint density at radius 2 is 2.00 bits per heavy atom. The molecule has 1 aliphatic heterocycles. The first kappa shape index (κ1) is 13.2. The lowest BCUT2D eigenvalue weighted by atomic mass is 10.0. The first-order chi connectivity index (χ1) is 9.24. The molecule has 1 N–H and O–H groups in total. The van der Waals surface area contributed by atoms with Crippen LogP contribution in [0.25, 0.3) is 0 Å². The third-order valence-electron chi connectivity index (χ3n) is 5.01. The topological polar surface area (TPSA) is 38.3 Å². The standard InChI is InChI=1S/C16H25NO2/c1-11-8-14(11)15-9-13(15)2-3-16(18)17-10-12-4-6-19-7-5-12/h2-3,11-15H,4-10H2,1H3,(H,17,18)/b3-2+/t11-,13-,14-,15-/m1/s1. The highest BCUT2D eigenvalue weighted by Crippen LogP contribution is 2.58. The highest BCUT2D eigenvalue weighted by Gasteiger charge is 2.50. The first-order valence-corrected chi connectivity index (χ1v) is 7.78. The van der Waals surface area contributed by atoms with Gasteiger partial charge in [0, 0.05) is 19.8 Å². The van der Waals surface area contributed by atoms with E-state index in [0.717, 1.165) is 50.4 Å². The zero-order valence-corrected chi connectivity index (χ0v) is 11.8. The molecule has 106 valence electrons. The van der Waals surface area contributed by atoms with Gasteiger partial charge in [-0.1, -0.05) is 13.0 Å². The SMILES string of the molecule is C[C@@H]1C[C@H]1[C@@H]1C[C@H]1/C=C/C(=O)NCC1CCOCC1. The van der Waals surface area contributed by atoms with Crippen LogP contribution >= 0.6 is 0 Å². The number of ether oxygens (including phenoxy) is 1. The summed E-state index contributed by atoms with van der Waals surface area (Å²) in [5.74, 6) is 4.15. The van der Waals surface area contributed by atoms with Crippen molar-refractivity contribution < 1.29 is 9.53 Å². The Morgan fingerprint density at radius 3 is 2.68 bits per heavy atom. The van der Waals surface area contributed by atoms with Crippen molar-refractivity contribution in [1.29, 1.82) is 0 Å². The van der Waals surface area contributed by atoms with Crippen LogP contribution in [0.2, 0.25) is 0 Å². The van der Waals surface area contributed by atoms with Crippen molar-refractivity contribution in [2.24, 2.45) is 29.6 Å². The summed E-state index contributed by atoms with van der Waals surface area (Å²) >= 11 is 0. The van der Waals surface area contributed by atoms with Crippen LogP contribution in [0.3, 0.4) is 0 Å². The number of hydrogen-bond donors (Lipinski definition) is 1. The predicted molar refractivity (Wildman–Crippen MR) is 74.6 cm³/mol. The Bertz CT molecular complexity index is 360. The molecule has 19 heavy (non-hydrogen) atoms. The Kier molecular flexibility index (Phi) is 3.92. The fraction of sp³-hybridized carbons (Fsp3) is 0.812. The lowest BCUT2D eigenvalue weighted by Crippen LogP contribution is -2.31. The predicted octanol–water partition coefficient (Wildman–Crippen LogP) is 2.38. The van der Waals surface area contributed by atoms with E-state index in [-0.39, 0.29) is 5.91 Å². The highest BCUT2D eigenvalue weighted by molar-refractivity contribution is 5.87. The molecule has 3 fully saturated rings. The van der Waals surface area contributed by atoms with E-state index in [0.29, 0.717) is 11.8 Å². The Morgan fingerprint density at radius 1 is 1.26 bits per heavy atom. The van der Waals surface area contributed by atoms with Crippen molar-refractivity contribution in [3.63, 3.8) is 0 Å². The number of allylic oxidation sites excluding steroid dienone is 1. The summed E-state index contributed by atoms with van der Waals surface area (Å²) in [6.45, 7) is 4.84. The van der Waals surface area contributed by atoms with Gasteiger partial charge in [0.1, 0.15) is 0 Å². The van der Waals surface area contributed by atoms with Crippen molar-refractivity contribution >= 4 is 5.91 Å². The molecular weight excluding hydrogens is 238 g/mol. The minimum atomic E-state index is 0.0842. The molecule has 2 aliphatic carbocycles. The molecule has 4 atom stereocenters. The maximum absolute atomic E-state index is 11.7. The van der Waals surface area contributed by atoms with E-state index in [1.165, 1.54) is 12.8 Å². The van der Waals surface area contributed by atoms with Crippen LogP contribution in [-0.4, -0.2) is 25.7 Å². The maximum atomic E-state index is 11.7. The summed E-state index contributed by atoms with van der Waals surface area (Å²) < 4.78 is 5.32. The highest BCUT2D eigenvalue weighted by atomic mass is 16.5. The molecule has 0 unspecified atom stereocenters. The second-order valence-electron chi connectivity index (χ2n) is 6.60. The van der Waals surface area contributed by atoms with Crippen LogP contribution < -0.4 is 5.32 Å². The minimum Gasteiger partial charge on any atom is -0.381 e. The van der Waals surface area contributed by atoms with Crippen LogP contribution in [0, 0.1) is 29.6 Å². The molecule has 1 amide bonds. The second kappa shape index (κ2) is 5.66. The van der Waals surface area contributed by atoms with Crippen LogP contribution in [0.4, 0.5) is 0 Å². The molecule has 0 radical (unpaired) electrons. The van der Waals surface area contributed by atoms with E-state index in [1.54, 1.807) is 6.08 Å². The summed E-state index contributed by atoms with van der Waals surface area (Å²) in [6, 6.07) is 0. The Balaban J connectivity index is 1.32. The molecule has 2 saturated carbocycles. The Labute approximate surface area is 115 Å². The van der Waals surface area contributed by atoms with E-state index >= 15 is 0 Å². The number of carbonyl (C=O) groups excluding carboxylic acids is 1. The van der Waals surface area contributed by atoms with Gasteiger partial charge in [-0.15, -0.1) is 0 Å².